The van der Waals surface area contributed by atoms with Crippen LogP contribution in [0.4, 0.5) is 0 Å². The van der Waals surface area contributed by atoms with E-state index in [1.807, 2.05) is 11.3 Å². The van der Waals surface area contributed by atoms with Gasteiger partial charge in [0.2, 0.25) is 0 Å². The van der Waals surface area contributed by atoms with E-state index in [1.54, 1.807) is 0 Å². The fourth-order valence-electron chi connectivity index (χ4n) is 1.75. The monoisotopic (exact) mass is 221 g/mol. The average Bonchev–Trinajstić information content (AvgIpc) is 2.72. The van der Waals surface area contributed by atoms with Crippen molar-refractivity contribution >= 4 is 11.3 Å². The van der Waals surface area contributed by atoms with E-state index in [9.17, 15) is 0 Å². The number of hydrogen-bond acceptors (Lipinski definition) is 2. The Labute approximate surface area is 96.9 Å². The van der Waals surface area contributed by atoms with Crippen LogP contribution in [-0.4, -0.2) is 6.54 Å². The van der Waals surface area contributed by atoms with Gasteiger partial charge < -0.3 is 5.32 Å². The van der Waals surface area contributed by atoms with Crippen molar-refractivity contribution in [2.75, 3.05) is 6.54 Å². The van der Waals surface area contributed by atoms with Gasteiger partial charge in [0.1, 0.15) is 0 Å². The number of terminal acetylenes is 1. The summed E-state index contributed by atoms with van der Waals surface area (Å²) in [6.45, 7) is 5.34. The fraction of sp³-hybridized carbons (Fsp3) is 0.538. The van der Waals surface area contributed by atoms with Crippen LogP contribution < -0.4 is 5.32 Å². The predicted molar refractivity (Wildman–Crippen MR) is 68.2 cm³/mol. The highest BCUT2D eigenvalue weighted by molar-refractivity contribution is 7.10. The maximum absolute atomic E-state index is 5.32. The molecule has 82 valence electrons. The maximum Gasteiger partial charge on any atom is 0.0426 e. The molecule has 0 aromatic carbocycles. The van der Waals surface area contributed by atoms with E-state index in [1.165, 1.54) is 10.4 Å². The van der Waals surface area contributed by atoms with Gasteiger partial charge in [0, 0.05) is 17.3 Å². The lowest BCUT2D eigenvalue weighted by Crippen LogP contribution is -2.20. The summed E-state index contributed by atoms with van der Waals surface area (Å²) in [4.78, 5) is 1.47. The second-order valence-corrected chi connectivity index (χ2v) is 4.46. The molecule has 0 aliphatic carbocycles. The second kappa shape index (κ2) is 6.66. The molecule has 1 aromatic rings. The fourth-order valence-corrected chi connectivity index (χ4v) is 2.85. The van der Waals surface area contributed by atoms with Gasteiger partial charge in [0.15, 0.2) is 0 Å². The van der Waals surface area contributed by atoms with Gasteiger partial charge in [-0.3, -0.25) is 0 Å². The Morgan fingerprint density at radius 2 is 2.33 bits per heavy atom. The van der Waals surface area contributed by atoms with Gasteiger partial charge in [0.05, 0.1) is 0 Å². The summed E-state index contributed by atoms with van der Waals surface area (Å²) in [6.07, 6.45) is 8.32. The quantitative estimate of drug-likeness (QED) is 0.726. The van der Waals surface area contributed by atoms with Gasteiger partial charge in [0.25, 0.3) is 0 Å². The minimum Gasteiger partial charge on any atom is -0.309 e. The highest BCUT2D eigenvalue weighted by Gasteiger charge is 2.14. The van der Waals surface area contributed by atoms with Crippen LogP contribution in [0, 0.1) is 12.3 Å². The molecule has 0 spiro atoms. The third-order valence-corrected chi connectivity index (χ3v) is 3.58. The van der Waals surface area contributed by atoms with Crippen LogP contribution in [0.15, 0.2) is 11.4 Å². The van der Waals surface area contributed by atoms with Gasteiger partial charge in [-0.2, -0.15) is 0 Å². The lowest BCUT2D eigenvalue weighted by atomic mass is 10.1. The van der Waals surface area contributed by atoms with Crippen LogP contribution in [-0.2, 0) is 6.42 Å². The third kappa shape index (κ3) is 3.37. The van der Waals surface area contributed by atoms with Crippen molar-refractivity contribution in [2.45, 2.75) is 39.2 Å². The molecule has 1 nitrogen and oxygen atoms in total. The van der Waals surface area contributed by atoms with Crippen molar-refractivity contribution in [3.05, 3.63) is 21.9 Å². The van der Waals surface area contributed by atoms with E-state index in [0.717, 1.165) is 25.8 Å². The van der Waals surface area contributed by atoms with Crippen molar-refractivity contribution in [1.82, 2.24) is 5.32 Å². The summed E-state index contributed by atoms with van der Waals surface area (Å²) in [5, 5.41) is 5.68. The Balaban J connectivity index is 2.74. The molecule has 0 amide bonds. The van der Waals surface area contributed by atoms with E-state index in [4.69, 9.17) is 6.42 Å². The van der Waals surface area contributed by atoms with Crippen LogP contribution in [0.5, 0.6) is 0 Å². The van der Waals surface area contributed by atoms with Crippen molar-refractivity contribution in [2.24, 2.45) is 0 Å². The lowest BCUT2D eigenvalue weighted by Gasteiger charge is -2.17. The van der Waals surface area contributed by atoms with E-state index in [-0.39, 0.29) is 0 Å². The zero-order chi connectivity index (χ0) is 11.1. The van der Waals surface area contributed by atoms with Crippen molar-refractivity contribution in [3.63, 3.8) is 0 Å². The molecular weight excluding hydrogens is 202 g/mol. The number of aryl methyl sites for hydroxylation is 1. The zero-order valence-electron chi connectivity index (χ0n) is 9.55. The van der Waals surface area contributed by atoms with Crippen LogP contribution in [0.2, 0.25) is 0 Å². The van der Waals surface area contributed by atoms with Crippen molar-refractivity contribution < 1.29 is 0 Å². The topological polar surface area (TPSA) is 12.0 Å². The molecule has 0 bridgehead atoms. The first kappa shape index (κ1) is 12.3. The summed E-state index contributed by atoms with van der Waals surface area (Å²) < 4.78 is 0. The van der Waals surface area contributed by atoms with Crippen LogP contribution in [0.25, 0.3) is 0 Å². The Hall–Kier alpha value is -0.780. The first-order valence-electron chi connectivity index (χ1n) is 5.56. The minimum atomic E-state index is 0.445. The van der Waals surface area contributed by atoms with Crippen molar-refractivity contribution in [3.8, 4) is 12.3 Å². The van der Waals surface area contributed by atoms with Gasteiger partial charge in [-0.1, -0.05) is 13.8 Å². The van der Waals surface area contributed by atoms with E-state index >= 15 is 0 Å². The standard InChI is InChI=1S/C13H19NS/c1-4-7-8-12(14-6-3)13-11(5-2)9-10-15-13/h1,9-10,12,14H,5-8H2,2-3H3. The van der Waals surface area contributed by atoms with Gasteiger partial charge in [-0.15, -0.1) is 23.7 Å². The molecule has 1 unspecified atom stereocenters. The van der Waals surface area contributed by atoms with E-state index in [0.29, 0.717) is 6.04 Å². The smallest absolute Gasteiger partial charge is 0.0426 e. The molecule has 0 saturated heterocycles. The second-order valence-electron chi connectivity index (χ2n) is 3.52. The van der Waals surface area contributed by atoms with Gasteiger partial charge in [-0.05, 0) is 36.4 Å². The molecule has 0 saturated carbocycles. The Bertz CT molecular complexity index is 322. The van der Waals surface area contributed by atoms with Crippen LogP contribution in [0.3, 0.4) is 0 Å². The number of thiophene rings is 1. The molecule has 15 heavy (non-hydrogen) atoms. The Morgan fingerprint density at radius 1 is 1.53 bits per heavy atom. The molecule has 1 rings (SSSR count). The normalized spacial score (nSPS) is 12.3. The molecule has 0 radical (unpaired) electrons. The Kier molecular flexibility index (Phi) is 5.45. The molecule has 0 aliphatic rings. The predicted octanol–water partition coefficient (Wildman–Crippen LogP) is 3.37. The zero-order valence-corrected chi connectivity index (χ0v) is 10.4. The average molecular weight is 221 g/mol. The molecular formula is C13H19NS. The molecule has 0 fully saturated rings. The Morgan fingerprint density at radius 3 is 2.93 bits per heavy atom. The molecule has 1 atom stereocenters. The molecule has 0 aliphatic heterocycles. The molecule has 1 aromatic heterocycles. The van der Waals surface area contributed by atoms with Gasteiger partial charge in [-0.25, -0.2) is 0 Å². The summed E-state index contributed by atoms with van der Waals surface area (Å²) in [5.74, 6) is 2.72. The summed E-state index contributed by atoms with van der Waals surface area (Å²) >= 11 is 1.84. The highest BCUT2D eigenvalue weighted by Crippen LogP contribution is 2.28. The number of nitrogens with one attached hydrogen (secondary N) is 1. The first-order chi connectivity index (χ1) is 7.33. The van der Waals surface area contributed by atoms with E-state index in [2.05, 4.69) is 36.5 Å². The summed E-state index contributed by atoms with van der Waals surface area (Å²) in [6, 6.07) is 2.67. The summed E-state index contributed by atoms with van der Waals surface area (Å²) in [5.41, 5.74) is 1.46. The number of hydrogen-bond donors (Lipinski definition) is 1. The van der Waals surface area contributed by atoms with Crippen LogP contribution >= 0.6 is 11.3 Å². The largest absolute Gasteiger partial charge is 0.309 e. The molecule has 2 heteroatoms. The summed E-state index contributed by atoms with van der Waals surface area (Å²) in [7, 11) is 0. The van der Waals surface area contributed by atoms with Crippen LogP contribution in [0.1, 0.15) is 43.2 Å². The molecule has 1 heterocycles. The highest BCUT2D eigenvalue weighted by atomic mass is 32.1. The third-order valence-electron chi connectivity index (χ3n) is 2.51. The lowest BCUT2D eigenvalue weighted by molar-refractivity contribution is 0.527. The molecule has 1 N–H and O–H groups in total. The maximum atomic E-state index is 5.32. The SMILES string of the molecule is C#CCCC(NCC)c1sccc1CC. The first-order valence-corrected chi connectivity index (χ1v) is 6.44. The van der Waals surface area contributed by atoms with Gasteiger partial charge >= 0.3 is 0 Å². The minimum absolute atomic E-state index is 0.445. The van der Waals surface area contributed by atoms with Crippen molar-refractivity contribution in [1.29, 1.82) is 0 Å². The number of rotatable bonds is 6. The van der Waals surface area contributed by atoms with E-state index < -0.39 is 0 Å².